The van der Waals surface area contributed by atoms with Crippen molar-refractivity contribution >= 4 is 34.0 Å². The number of hydrogen-bond donors (Lipinski definition) is 2. The fourth-order valence-electron chi connectivity index (χ4n) is 3.92. The van der Waals surface area contributed by atoms with E-state index < -0.39 is 5.91 Å². The highest BCUT2D eigenvalue weighted by Crippen LogP contribution is 2.40. The second kappa shape index (κ2) is 9.04. The van der Waals surface area contributed by atoms with Crippen molar-refractivity contribution in [2.75, 3.05) is 12.4 Å². The Kier molecular flexibility index (Phi) is 6.00. The molecule has 3 aromatic carbocycles. The molecule has 0 spiro atoms. The minimum atomic E-state index is -0.555. The van der Waals surface area contributed by atoms with Crippen molar-refractivity contribution < 1.29 is 18.7 Å². The van der Waals surface area contributed by atoms with Gasteiger partial charge in [0.05, 0.1) is 13.4 Å². The summed E-state index contributed by atoms with van der Waals surface area (Å²) in [6.45, 7) is 3.79. The molecule has 1 heterocycles. The lowest BCUT2D eigenvalue weighted by Gasteiger charge is -2.13. The zero-order valence-corrected chi connectivity index (χ0v) is 18.6. The molecule has 6 nitrogen and oxygen atoms in total. The monoisotopic (exact) mass is 440 g/mol. The first kappa shape index (κ1) is 21.9. The number of hydrogen-bond acceptors (Lipinski definition) is 4. The first-order valence-corrected chi connectivity index (χ1v) is 10.4. The van der Waals surface area contributed by atoms with E-state index in [1.54, 1.807) is 31.6 Å². The minimum absolute atomic E-state index is 0.324. The molecule has 4 rings (SSSR count). The number of nitrogens with two attached hydrogens (primary N) is 1. The van der Waals surface area contributed by atoms with E-state index in [1.165, 1.54) is 12.1 Å². The summed E-state index contributed by atoms with van der Waals surface area (Å²) in [6, 6.07) is 18.5. The van der Waals surface area contributed by atoms with E-state index in [2.05, 4.69) is 5.32 Å². The summed E-state index contributed by atoms with van der Waals surface area (Å²) in [5, 5.41) is 3.72. The number of primary amides is 1. The van der Waals surface area contributed by atoms with Crippen LogP contribution in [-0.4, -0.2) is 18.9 Å². The maximum Gasteiger partial charge on any atom is 0.248 e. The summed E-state index contributed by atoms with van der Waals surface area (Å²) in [5.74, 6) is -0.237. The fraction of sp³-hybridized carbons (Fsp3) is 0.111. The quantitative estimate of drug-likeness (QED) is 0.384. The molecule has 6 heteroatoms. The smallest absolute Gasteiger partial charge is 0.248 e. The van der Waals surface area contributed by atoms with Crippen LogP contribution in [0.1, 0.15) is 28.4 Å². The lowest BCUT2D eigenvalue weighted by molar-refractivity contribution is -0.111. The maximum absolute atomic E-state index is 12.7. The number of fused-ring (bicyclic) bond motifs is 1. The lowest BCUT2D eigenvalue weighted by Crippen LogP contribution is -2.13. The summed E-state index contributed by atoms with van der Waals surface area (Å²) in [4.78, 5) is 24.1. The molecule has 0 aliphatic carbocycles. The molecule has 166 valence electrons. The molecule has 0 saturated carbocycles. The first-order valence-electron chi connectivity index (χ1n) is 10.4. The van der Waals surface area contributed by atoms with Crippen molar-refractivity contribution in [3.8, 4) is 16.9 Å². The van der Waals surface area contributed by atoms with Gasteiger partial charge >= 0.3 is 0 Å². The van der Waals surface area contributed by atoms with Gasteiger partial charge in [0, 0.05) is 39.4 Å². The highest BCUT2D eigenvalue weighted by Gasteiger charge is 2.18. The molecule has 0 aliphatic rings. The predicted molar refractivity (Wildman–Crippen MR) is 130 cm³/mol. The third-order valence-corrected chi connectivity index (χ3v) is 5.52. The van der Waals surface area contributed by atoms with Gasteiger partial charge < -0.3 is 20.2 Å². The number of rotatable bonds is 6. The topological polar surface area (TPSA) is 94.6 Å². The van der Waals surface area contributed by atoms with Crippen LogP contribution < -0.4 is 15.8 Å². The minimum Gasteiger partial charge on any atom is -0.496 e. The van der Waals surface area contributed by atoms with Gasteiger partial charge in [-0.15, -0.1) is 0 Å². The van der Waals surface area contributed by atoms with Crippen LogP contribution in [0.4, 0.5) is 5.69 Å². The van der Waals surface area contributed by atoms with Gasteiger partial charge in [0.25, 0.3) is 0 Å². The second-order valence-corrected chi connectivity index (χ2v) is 7.74. The van der Waals surface area contributed by atoms with E-state index in [0.29, 0.717) is 17.0 Å². The van der Waals surface area contributed by atoms with Crippen molar-refractivity contribution in [3.63, 3.8) is 0 Å². The van der Waals surface area contributed by atoms with Crippen LogP contribution in [0.2, 0.25) is 0 Å². The van der Waals surface area contributed by atoms with Crippen LogP contribution >= 0.6 is 0 Å². The zero-order chi connectivity index (χ0) is 23.5. The number of anilines is 1. The third-order valence-electron chi connectivity index (χ3n) is 5.52. The van der Waals surface area contributed by atoms with Gasteiger partial charge in [-0.2, -0.15) is 0 Å². The summed E-state index contributed by atoms with van der Waals surface area (Å²) >= 11 is 0. The van der Waals surface area contributed by atoms with Crippen LogP contribution in [0.3, 0.4) is 0 Å². The van der Waals surface area contributed by atoms with Crippen molar-refractivity contribution in [2.45, 2.75) is 13.8 Å². The molecule has 1 aromatic heterocycles. The molecule has 0 aliphatic heterocycles. The highest BCUT2D eigenvalue weighted by molar-refractivity contribution is 6.06. The molecule has 2 amide bonds. The second-order valence-electron chi connectivity index (χ2n) is 7.74. The zero-order valence-electron chi connectivity index (χ0n) is 18.6. The van der Waals surface area contributed by atoms with Gasteiger partial charge in [0.1, 0.15) is 11.3 Å². The van der Waals surface area contributed by atoms with Gasteiger partial charge in [-0.05, 0) is 49.2 Å². The lowest BCUT2D eigenvalue weighted by atomic mass is 9.96. The fourth-order valence-corrected chi connectivity index (χ4v) is 3.92. The average Bonchev–Trinajstić information content (AvgIpc) is 3.24. The number of ether oxygens (including phenoxy) is 1. The van der Waals surface area contributed by atoms with E-state index in [0.717, 1.165) is 38.8 Å². The number of amides is 2. The SMILES string of the molecule is COc1c(/C(C)=C/C(=O)Nc2cccc(C(N)=O)c2)cc2c(-c3ccccc3)coc2c1C. The molecule has 0 radical (unpaired) electrons. The summed E-state index contributed by atoms with van der Waals surface area (Å²) in [6.07, 6.45) is 3.25. The van der Waals surface area contributed by atoms with Crippen LogP contribution in [0.5, 0.6) is 5.75 Å². The highest BCUT2D eigenvalue weighted by atomic mass is 16.5. The number of methoxy groups -OCH3 is 1. The number of aryl methyl sites for hydroxylation is 1. The number of carbonyl (C=O) groups excluding carboxylic acids is 2. The van der Waals surface area contributed by atoms with Gasteiger partial charge in [-0.1, -0.05) is 36.4 Å². The molecule has 0 bridgehead atoms. The van der Waals surface area contributed by atoms with Crippen molar-refractivity contribution in [3.05, 3.63) is 89.7 Å². The summed E-state index contributed by atoms with van der Waals surface area (Å²) in [5.41, 5.74) is 11.3. The Labute approximate surface area is 191 Å². The summed E-state index contributed by atoms with van der Waals surface area (Å²) in [7, 11) is 1.60. The Bertz CT molecular complexity index is 1380. The van der Waals surface area contributed by atoms with E-state index in [4.69, 9.17) is 14.9 Å². The normalized spacial score (nSPS) is 11.4. The summed E-state index contributed by atoms with van der Waals surface area (Å²) < 4.78 is 11.6. The average molecular weight is 440 g/mol. The van der Waals surface area contributed by atoms with Crippen LogP contribution in [-0.2, 0) is 4.79 Å². The molecule has 3 N–H and O–H groups in total. The molecular formula is C27H24N2O4. The Morgan fingerprint density at radius 3 is 2.52 bits per heavy atom. The van der Waals surface area contributed by atoms with Crippen molar-refractivity contribution in [1.29, 1.82) is 0 Å². The third kappa shape index (κ3) is 4.36. The molecular weight excluding hydrogens is 416 g/mol. The first-order chi connectivity index (χ1) is 15.9. The van der Waals surface area contributed by atoms with E-state index in [1.807, 2.05) is 50.2 Å². The standard InChI is InChI=1S/C27H24N2O4/c1-16(12-24(30)29-20-11-7-10-19(13-20)27(28)31)21-14-22-23(18-8-5-4-6-9-18)15-33-26(22)17(2)25(21)32-3/h4-15H,1-3H3,(H2,28,31)(H,29,30)/b16-12+. The molecule has 0 saturated heterocycles. The number of carbonyl (C=O) groups is 2. The van der Waals surface area contributed by atoms with Crippen LogP contribution in [0.15, 0.2) is 77.4 Å². The molecule has 33 heavy (non-hydrogen) atoms. The van der Waals surface area contributed by atoms with Gasteiger partial charge in [-0.3, -0.25) is 9.59 Å². The Hall–Kier alpha value is -4.32. The van der Waals surface area contributed by atoms with Gasteiger partial charge in [-0.25, -0.2) is 0 Å². The molecule has 4 aromatic rings. The maximum atomic E-state index is 12.7. The van der Waals surface area contributed by atoms with Gasteiger partial charge in [0.2, 0.25) is 11.8 Å². The Morgan fingerprint density at radius 2 is 1.82 bits per heavy atom. The largest absolute Gasteiger partial charge is 0.496 e. The number of furan rings is 1. The van der Waals surface area contributed by atoms with E-state index >= 15 is 0 Å². The van der Waals surface area contributed by atoms with E-state index in [-0.39, 0.29) is 5.91 Å². The molecule has 0 unspecified atom stereocenters. The Morgan fingerprint density at radius 1 is 1.06 bits per heavy atom. The molecule has 0 fully saturated rings. The van der Waals surface area contributed by atoms with Crippen LogP contribution in [0.25, 0.3) is 27.7 Å². The van der Waals surface area contributed by atoms with E-state index in [9.17, 15) is 9.59 Å². The predicted octanol–water partition coefficient (Wildman–Crippen LogP) is 5.56. The number of benzene rings is 3. The van der Waals surface area contributed by atoms with Crippen molar-refractivity contribution in [2.24, 2.45) is 5.73 Å². The molecule has 0 atom stereocenters. The number of nitrogens with one attached hydrogen (secondary N) is 1. The van der Waals surface area contributed by atoms with Crippen molar-refractivity contribution in [1.82, 2.24) is 0 Å². The van der Waals surface area contributed by atoms with Crippen LogP contribution in [0, 0.1) is 6.92 Å². The number of allylic oxidation sites excluding steroid dienone is 1. The Balaban J connectivity index is 1.73. The van der Waals surface area contributed by atoms with Gasteiger partial charge in [0.15, 0.2) is 0 Å².